The molecule has 9 aromatic rings. The molecule has 1 fully saturated rings. The van der Waals surface area contributed by atoms with Gasteiger partial charge in [-0.05, 0) is 95.1 Å². The monoisotopic (exact) mass is 675 g/mol. The van der Waals surface area contributed by atoms with Crippen molar-refractivity contribution in [2.45, 2.75) is 44.9 Å². The van der Waals surface area contributed by atoms with Crippen molar-refractivity contribution in [1.29, 1.82) is 0 Å². The van der Waals surface area contributed by atoms with Crippen LogP contribution in [0.15, 0.2) is 132 Å². The molecule has 1 saturated carbocycles. The van der Waals surface area contributed by atoms with Gasteiger partial charge in [0.2, 0.25) is 5.88 Å². The molecule has 2 aliphatic carbocycles. The number of pyridine rings is 2. The second kappa shape index (κ2) is 11.8. The lowest BCUT2D eigenvalue weighted by molar-refractivity contribution is 0.255. The molecule has 5 heteroatoms. The highest BCUT2D eigenvalue weighted by atomic mass is 16.5. The molecule has 252 valence electrons. The minimum Gasteiger partial charge on any atom is -0.455 e. The minimum absolute atomic E-state index is 0.541. The lowest BCUT2D eigenvalue weighted by Gasteiger charge is -2.27. The third-order valence-electron chi connectivity index (χ3n) is 11.8. The summed E-state index contributed by atoms with van der Waals surface area (Å²) in [5.74, 6) is 2.74. The number of benzene rings is 5. The summed E-state index contributed by atoms with van der Waals surface area (Å²) in [5.41, 5.74) is 9.56. The molecule has 1 unspecified atom stereocenters. The fraction of sp³-hybridized carbons (Fsp3) is 0.191. The smallest absolute Gasteiger partial charge is 0.221 e. The van der Waals surface area contributed by atoms with Crippen molar-refractivity contribution in [3.63, 3.8) is 0 Å². The van der Waals surface area contributed by atoms with Gasteiger partial charge < -0.3 is 9.15 Å². The van der Waals surface area contributed by atoms with Gasteiger partial charge in [0.15, 0.2) is 0 Å². The Hall–Kier alpha value is -5.94. The minimum atomic E-state index is 0.541. The van der Waals surface area contributed by atoms with Gasteiger partial charge in [-0.3, -0.25) is 9.55 Å². The standard InChI is InChI=1S/C47H37N3O2/c1-3-11-29(12-4-1)32-25-31-23-24-48-45(38(31)26-32)40-28-34(27-39-44-35-16-8-7-13-30(35)19-21-42(44)52-46(39)40)51-43-22-20-37-36-17-9-10-18-41(36)50(47(37)49-43)33-14-5-2-6-15-33/h2,5-10,13-24,27-29,32H,1,3-4,11-12,25-26H2. The molecule has 4 aromatic heterocycles. The molecule has 0 N–H and O–H groups in total. The van der Waals surface area contributed by atoms with E-state index in [2.05, 4.69) is 114 Å². The fourth-order valence-electron chi connectivity index (χ4n) is 9.43. The molecule has 0 bridgehead atoms. The molecule has 0 spiro atoms. The van der Waals surface area contributed by atoms with Crippen LogP contribution in [0.3, 0.4) is 0 Å². The van der Waals surface area contributed by atoms with E-state index in [1.807, 2.05) is 18.3 Å². The van der Waals surface area contributed by atoms with Crippen molar-refractivity contribution < 1.29 is 9.15 Å². The van der Waals surface area contributed by atoms with Gasteiger partial charge in [0.05, 0.1) is 11.2 Å². The fourth-order valence-corrected chi connectivity index (χ4v) is 9.43. The Balaban J connectivity index is 1.10. The Kier molecular flexibility index (Phi) is 6.76. The Labute approximate surface area is 301 Å². The van der Waals surface area contributed by atoms with Gasteiger partial charge >= 0.3 is 0 Å². The molecule has 0 saturated heterocycles. The zero-order valence-electron chi connectivity index (χ0n) is 28.9. The van der Waals surface area contributed by atoms with Crippen LogP contribution in [0.1, 0.15) is 43.2 Å². The Morgan fingerprint density at radius 1 is 0.673 bits per heavy atom. The van der Waals surface area contributed by atoms with Crippen LogP contribution in [0.2, 0.25) is 0 Å². The van der Waals surface area contributed by atoms with Crippen LogP contribution in [0.25, 0.3) is 71.6 Å². The van der Waals surface area contributed by atoms with Gasteiger partial charge in [-0.2, -0.15) is 4.98 Å². The number of ether oxygens (including phenoxy) is 1. The van der Waals surface area contributed by atoms with E-state index in [1.165, 1.54) is 48.6 Å². The van der Waals surface area contributed by atoms with E-state index in [4.69, 9.17) is 19.1 Å². The summed E-state index contributed by atoms with van der Waals surface area (Å²) in [6.07, 6.45) is 11.0. The zero-order chi connectivity index (χ0) is 34.2. The average molecular weight is 676 g/mol. The lowest BCUT2D eigenvalue weighted by atomic mass is 9.78. The molecule has 0 aliphatic heterocycles. The largest absolute Gasteiger partial charge is 0.455 e. The van der Waals surface area contributed by atoms with Crippen LogP contribution < -0.4 is 4.74 Å². The van der Waals surface area contributed by atoms with Crippen LogP contribution >= 0.6 is 0 Å². The van der Waals surface area contributed by atoms with Crippen molar-refractivity contribution in [1.82, 2.24) is 14.5 Å². The van der Waals surface area contributed by atoms with Crippen molar-refractivity contribution in [2.24, 2.45) is 11.8 Å². The zero-order valence-corrected chi connectivity index (χ0v) is 28.9. The second-order valence-corrected chi connectivity index (χ2v) is 14.8. The molecule has 5 aromatic carbocycles. The number of para-hydroxylation sites is 2. The van der Waals surface area contributed by atoms with Crippen LogP contribution in [0.5, 0.6) is 11.6 Å². The molecule has 0 radical (unpaired) electrons. The first-order valence-electron chi connectivity index (χ1n) is 18.8. The number of fused-ring (bicyclic) bond motifs is 9. The number of hydrogen-bond acceptors (Lipinski definition) is 4. The Morgan fingerprint density at radius 3 is 2.40 bits per heavy atom. The van der Waals surface area contributed by atoms with Crippen LogP contribution in [0.4, 0.5) is 0 Å². The van der Waals surface area contributed by atoms with Crippen molar-refractivity contribution >= 4 is 54.6 Å². The van der Waals surface area contributed by atoms with E-state index in [0.717, 1.165) is 85.0 Å². The van der Waals surface area contributed by atoms with Gasteiger partial charge in [0, 0.05) is 45.1 Å². The SMILES string of the molecule is c1ccc(-n2c3ccccc3c3ccc(Oc4cc(-c5nccc6c5CC(C5CCCCC5)C6)c5oc6ccc7ccccc7c6c5c4)nc32)cc1. The first-order valence-corrected chi connectivity index (χ1v) is 18.8. The average Bonchev–Trinajstić information content (AvgIpc) is 3.90. The predicted octanol–water partition coefficient (Wildman–Crippen LogP) is 12.4. The molecule has 0 amide bonds. The number of furan rings is 1. The molecular formula is C47H37N3O2. The predicted molar refractivity (Wildman–Crippen MR) is 211 cm³/mol. The maximum absolute atomic E-state index is 6.82. The highest BCUT2D eigenvalue weighted by molar-refractivity contribution is 6.21. The summed E-state index contributed by atoms with van der Waals surface area (Å²) >= 11 is 0. The van der Waals surface area contributed by atoms with Crippen molar-refractivity contribution in [2.75, 3.05) is 0 Å². The van der Waals surface area contributed by atoms with E-state index in [9.17, 15) is 0 Å². The highest BCUT2D eigenvalue weighted by Gasteiger charge is 2.32. The summed E-state index contributed by atoms with van der Waals surface area (Å²) in [4.78, 5) is 10.3. The molecule has 1 atom stereocenters. The highest BCUT2D eigenvalue weighted by Crippen LogP contribution is 2.46. The maximum atomic E-state index is 6.82. The van der Waals surface area contributed by atoms with E-state index in [0.29, 0.717) is 17.5 Å². The summed E-state index contributed by atoms with van der Waals surface area (Å²) < 4.78 is 15.8. The first-order chi connectivity index (χ1) is 25.8. The summed E-state index contributed by atoms with van der Waals surface area (Å²) in [7, 11) is 0. The van der Waals surface area contributed by atoms with E-state index in [-0.39, 0.29) is 0 Å². The number of aromatic nitrogens is 3. The summed E-state index contributed by atoms with van der Waals surface area (Å²) in [5, 5.41) is 6.72. The van der Waals surface area contributed by atoms with Crippen molar-refractivity contribution in [3.8, 4) is 28.6 Å². The van der Waals surface area contributed by atoms with Crippen LogP contribution in [-0.2, 0) is 12.8 Å². The lowest BCUT2D eigenvalue weighted by Crippen LogP contribution is -2.18. The molecule has 52 heavy (non-hydrogen) atoms. The first kappa shape index (κ1) is 29.8. The van der Waals surface area contributed by atoms with Crippen molar-refractivity contribution in [3.05, 3.63) is 139 Å². The maximum Gasteiger partial charge on any atom is 0.221 e. The number of rotatable bonds is 5. The van der Waals surface area contributed by atoms with E-state index >= 15 is 0 Å². The molecular weight excluding hydrogens is 639 g/mol. The third kappa shape index (κ3) is 4.68. The van der Waals surface area contributed by atoms with Crippen LogP contribution in [-0.4, -0.2) is 14.5 Å². The van der Waals surface area contributed by atoms with E-state index in [1.54, 1.807) is 0 Å². The Morgan fingerprint density at radius 2 is 1.50 bits per heavy atom. The summed E-state index contributed by atoms with van der Waals surface area (Å²) in [6.45, 7) is 0. The molecule has 5 nitrogen and oxygen atoms in total. The van der Waals surface area contributed by atoms with Gasteiger partial charge in [-0.1, -0.05) is 98.8 Å². The van der Waals surface area contributed by atoms with Gasteiger partial charge in [0.1, 0.15) is 22.6 Å². The quantitative estimate of drug-likeness (QED) is 0.182. The second-order valence-electron chi connectivity index (χ2n) is 14.8. The Bertz CT molecular complexity index is 2830. The molecule has 11 rings (SSSR count). The number of hydrogen-bond donors (Lipinski definition) is 0. The van der Waals surface area contributed by atoms with Gasteiger partial charge in [-0.15, -0.1) is 0 Å². The number of nitrogens with zero attached hydrogens (tertiary/aromatic N) is 3. The summed E-state index contributed by atoms with van der Waals surface area (Å²) in [6, 6.07) is 42.3. The van der Waals surface area contributed by atoms with Crippen LogP contribution in [0, 0.1) is 11.8 Å². The normalized spacial score (nSPS) is 16.4. The molecule has 4 heterocycles. The van der Waals surface area contributed by atoms with Gasteiger partial charge in [0.25, 0.3) is 0 Å². The topological polar surface area (TPSA) is 53.1 Å². The van der Waals surface area contributed by atoms with Gasteiger partial charge in [-0.25, -0.2) is 0 Å². The third-order valence-corrected chi connectivity index (χ3v) is 11.8. The molecule has 2 aliphatic rings. The van der Waals surface area contributed by atoms with E-state index < -0.39 is 0 Å².